The molecule has 6 heteroatoms. The number of nitrogens with zero attached hydrogens (tertiary/aromatic N) is 2. The molecule has 0 aromatic heterocycles. The van der Waals surface area contributed by atoms with E-state index in [4.69, 9.17) is 11.6 Å². The summed E-state index contributed by atoms with van der Waals surface area (Å²) in [4.78, 5) is 28.1. The molecule has 22 heavy (non-hydrogen) atoms. The highest BCUT2D eigenvalue weighted by atomic mass is 35.5. The molecule has 2 amide bonds. The molecule has 1 spiro atoms. The lowest BCUT2D eigenvalue weighted by Gasteiger charge is -2.44. The highest BCUT2D eigenvalue weighted by Gasteiger charge is 2.46. The predicted octanol–water partition coefficient (Wildman–Crippen LogP) is 2.87. The summed E-state index contributed by atoms with van der Waals surface area (Å²) in [5, 5.41) is 0.582. The first-order valence-corrected chi connectivity index (χ1v) is 8.85. The summed E-state index contributed by atoms with van der Waals surface area (Å²) in [5.41, 5.74) is 0.642. The van der Waals surface area contributed by atoms with Crippen molar-refractivity contribution in [2.45, 2.75) is 24.6 Å². The van der Waals surface area contributed by atoms with Crippen LogP contribution in [0, 0.1) is 0 Å². The van der Waals surface area contributed by atoms with Crippen LogP contribution in [0.15, 0.2) is 24.3 Å². The van der Waals surface area contributed by atoms with E-state index in [-0.39, 0.29) is 16.7 Å². The van der Waals surface area contributed by atoms with E-state index in [9.17, 15) is 9.59 Å². The van der Waals surface area contributed by atoms with Crippen LogP contribution in [-0.2, 0) is 4.79 Å². The molecule has 0 saturated carbocycles. The quantitative estimate of drug-likeness (QED) is 0.790. The van der Waals surface area contributed by atoms with Gasteiger partial charge in [0.1, 0.15) is 0 Å². The molecule has 0 aliphatic carbocycles. The molecule has 2 heterocycles. The number of amides is 2. The minimum absolute atomic E-state index is 0.0452. The number of thioether (sulfide) groups is 1. The molecule has 1 aromatic rings. The van der Waals surface area contributed by atoms with Crippen molar-refractivity contribution in [1.29, 1.82) is 0 Å². The van der Waals surface area contributed by atoms with Crippen molar-refractivity contribution in [3.63, 3.8) is 0 Å². The first-order valence-electron chi connectivity index (χ1n) is 7.49. The van der Waals surface area contributed by atoms with Crippen LogP contribution in [0.2, 0.25) is 5.02 Å². The normalized spacial score (nSPS) is 20.5. The van der Waals surface area contributed by atoms with Gasteiger partial charge in [0.05, 0.1) is 4.87 Å². The Kier molecular flexibility index (Phi) is 4.37. The Bertz CT molecular complexity index is 600. The molecule has 0 radical (unpaired) electrons. The van der Waals surface area contributed by atoms with Gasteiger partial charge in [-0.05, 0) is 31.0 Å². The SMILES string of the molecule is CC(=O)N1CCC2(CC1)SCCN2C(=O)c1cccc(Cl)c1. The van der Waals surface area contributed by atoms with E-state index in [1.54, 1.807) is 19.1 Å². The van der Waals surface area contributed by atoms with Crippen molar-refractivity contribution in [3.8, 4) is 0 Å². The molecule has 4 nitrogen and oxygen atoms in total. The average molecular weight is 339 g/mol. The third-order valence-corrected chi connectivity index (χ3v) is 6.27. The van der Waals surface area contributed by atoms with Crippen molar-refractivity contribution in [3.05, 3.63) is 34.9 Å². The lowest BCUT2D eigenvalue weighted by Crippen LogP contribution is -2.53. The van der Waals surface area contributed by atoms with Crippen LogP contribution >= 0.6 is 23.4 Å². The zero-order chi connectivity index (χ0) is 15.7. The smallest absolute Gasteiger partial charge is 0.255 e. The molecule has 2 aliphatic rings. The van der Waals surface area contributed by atoms with Crippen LogP contribution < -0.4 is 0 Å². The van der Waals surface area contributed by atoms with Crippen LogP contribution in [0.1, 0.15) is 30.1 Å². The number of likely N-dealkylation sites (tertiary alicyclic amines) is 1. The summed E-state index contributed by atoms with van der Waals surface area (Å²) in [6, 6.07) is 7.13. The molecular formula is C16H19ClN2O2S. The van der Waals surface area contributed by atoms with E-state index in [1.807, 2.05) is 33.7 Å². The Balaban J connectivity index is 1.79. The summed E-state index contributed by atoms with van der Waals surface area (Å²) in [5.74, 6) is 1.11. The first-order chi connectivity index (χ1) is 10.5. The highest BCUT2D eigenvalue weighted by molar-refractivity contribution is 8.00. The maximum atomic E-state index is 12.9. The third-order valence-electron chi connectivity index (χ3n) is 4.48. The number of piperidine rings is 1. The fraction of sp³-hybridized carbons (Fsp3) is 0.500. The molecule has 118 valence electrons. The Hall–Kier alpha value is -1.20. The Labute approximate surface area is 139 Å². The molecule has 0 unspecified atom stereocenters. The molecule has 0 bridgehead atoms. The monoisotopic (exact) mass is 338 g/mol. The lowest BCUT2D eigenvalue weighted by molar-refractivity contribution is -0.130. The van der Waals surface area contributed by atoms with Gasteiger partial charge in [-0.1, -0.05) is 17.7 Å². The molecule has 2 fully saturated rings. The Morgan fingerprint density at radius 3 is 2.59 bits per heavy atom. The van der Waals surface area contributed by atoms with Gasteiger partial charge >= 0.3 is 0 Å². The second kappa shape index (κ2) is 6.13. The number of benzene rings is 1. The zero-order valence-corrected chi connectivity index (χ0v) is 14.1. The van der Waals surface area contributed by atoms with E-state index in [1.165, 1.54) is 0 Å². The van der Waals surface area contributed by atoms with Crippen molar-refractivity contribution in [1.82, 2.24) is 9.80 Å². The second-order valence-electron chi connectivity index (χ2n) is 5.77. The fourth-order valence-electron chi connectivity index (χ4n) is 3.26. The van der Waals surface area contributed by atoms with Gasteiger partial charge in [0.15, 0.2) is 0 Å². The summed E-state index contributed by atoms with van der Waals surface area (Å²) in [6.07, 6.45) is 1.67. The van der Waals surface area contributed by atoms with E-state index < -0.39 is 0 Å². The number of carbonyl (C=O) groups excluding carboxylic acids is 2. The molecule has 1 aromatic carbocycles. The topological polar surface area (TPSA) is 40.6 Å². The molecule has 0 N–H and O–H groups in total. The molecule has 0 atom stereocenters. The van der Waals surface area contributed by atoms with Gasteiger partial charge in [-0.3, -0.25) is 9.59 Å². The maximum absolute atomic E-state index is 12.9. The Morgan fingerprint density at radius 1 is 1.23 bits per heavy atom. The van der Waals surface area contributed by atoms with Crippen molar-refractivity contribution in [2.75, 3.05) is 25.4 Å². The van der Waals surface area contributed by atoms with Crippen LogP contribution in [0.3, 0.4) is 0 Å². The lowest BCUT2D eigenvalue weighted by atomic mass is 10.0. The van der Waals surface area contributed by atoms with Crippen molar-refractivity contribution in [2.24, 2.45) is 0 Å². The minimum atomic E-state index is -0.161. The summed E-state index contributed by atoms with van der Waals surface area (Å²) in [6.45, 7) is 3.81. The highest BCUT2D eigenvalue weighted by Crippen LogP contribution is 2.44. The number of rotatable bonds is 1. The van der Waals surface area contributed by atoms with Crippen molar-refractivity contribution >= 4 is 35.2 Å². The maximum Gasteiger partial charge on any atom is 0.255 e. The van der Waals surface area contributed by atoms with Crippen LogP contribution in [0.25, 0.3) is 0 Å². The number of carbonyl (C=O) groups is 2. The summed E-state index contributed by atoms with van der Waals surface area (Å²) >= 11 is 7.86. The fourth-order valence-corrected chi connectivity index (χ4v) is 4.90. The van der Waals surface area contributed by atoms with Gasteiger partial charge in [-0.15, -0.1) is 11.8 Å². The zero-order valence-electron chi connectivity index (χ0n) is 12.5. The first kappa shape index (κ1) is 15.7. The van der Waals surface area contributed by atoms with E-state index >= 15 is 0 Å². The van der Waals surface area contributed by atoms with Crippen molar-refractivity contribution < 1.29 is 9.59 Å². The summed E-state index contributed by atoms with van der Waals surface area (Å²) < 4.78 is 0. The average Bonchev–Trinajstić information content (AvgIpc) is 2.90. The summed E-state index contributed by atoms with van der Waals surface area (Å²) in [7, 11) is 0. The molecule has 2 saturated heterocycles. The standard InChI is InChI=1S/C16H19ClN2O2S/c1-12(20)18-7-5-16(6-8-18)19(9-10-22-16)15(21)13-3-2-4-14(17)11-13/h2-4,11H,5-10H2,1H3. The predicted molar refractivity (Wildman–Crippen MR) is 89.2 cm³/mol. The third kappa shape index (κ3) is 2.84. The van der Waals surface area contributed by atoms with Gasteiger partial charge < -0.3 is 9.80 Å². The van der Waals surface area contributed by atoms with E-state index in [0.29, 0.717) is 10.6 Å². The second-order valence-corrected chi connectivity index (χ2v) is 7.66. The van der Waals surface area contributed by atoms with Crippen LogP contribution in [-0.4, -0.2) is 51.9 Å². The van der Waals surface area contributed by atoms with Gasteiger partial charge in [-0.2, -0.15) is 0 Å². The number of hydrogen-bond donors (Lipinski definition) is 0. The Morgan fingerprint density at radius 2 is 1.95 bits per heavy atom. The largest absolute Gasteiger partial charge is 0.343 e. The van der Waals surface area contributed by atoms with Gasteiger partial charge in [-0.25, -0.2) is 0 Å². The van der Waals surface area contributed by atoms with E-state index in [2.05, 4.69) is 0 Å². The van der Waals surface area contributed by atoms with Gasteiger partial charge in [0.2, 0.25) is 5.91 Å². The van der Waals surface area contributed by atoms with Crippen LogP contribution in [0.4, 0.5) is 0 Å². The van der Waals surface area contributed by atoms with Gasteiger partial charge in [0, 0.05) is 42.9 Å². The molecule has 2 aliphatic heterocycles. The molecule has 3 rings (SSSR count). The molecular weight excluding hydrogens is 320 g/mol. The van der Waals surface area contributed by atoms with E-state index in [0.717, 1.165) is 38.2 Å². The number of hydrogen-bond acceptors (Lipinski definition) is 3. The van der Waals surface area contributed by atoms with Gasteiger partial charge in [0.25, 0.3) is 5.91 Å². The van der Waals surface area contributed by atoms with Crippen LogP contribution in [0.5, 0.6) is 0 Å². The number of halogens is 1. The minimum Gasteiger partial charge on any atom is -0.343 e.